The Bertz CT molecular complexity index is 2460. The second-order valence-corrected chi connectivity index (χ2v) is 16.5. The summed E-state index contributed by atoms with van der Waals surface area (Å²) in [6.45, 7) is 9.50. The van der Waals surface area contributed by atoms with Crippen molar-refractivity contribution in [1.82, 2.24) is 19.1 Å². The largest absolute Gasteiger partial charge is 2.00 e. The molecule has 0 bridgehead atoms. The molecule has 0 spiro atoms. The van der Waals surface area contributed by atoms with Gasteiger partial charge in [0, 0.05) is 66.9 Å². The van der Waals surface area contributed by atoms with Crippen LogP contribution in [0.3, 0.4) is 0 Å². The molecular weight excluding hydrogens is 860 g/mol. The molecule has 2 aliphatic carbocycles. The van der Waals surface area contributed by atoms with Crippen LogP contribution in [0, 0.1) is 35.0 Å². The number of hydrogen-bond donors (Lipinski definition) is 0. The van der Waals surface area contributed by atoms with Gasteiger partial charge in [-0.2, -0.15) is 5.26 Å². The standard InChI is InChI=1S/C19H20N4OS.C18H20BrN3OS.2CN.2CH4.Zn/c1-22(2)14-9-8-12(10-20)17-15(14)16-18(25-17)19(24)23(11-21-16)13-6-4-3-5-7-13;1-21(2)13-9-8-12(19)16-14(13)15-17(24-16)18(23)22(10-20-15)11-6-4-3-5-7-11;2*1-2;;;/h8-9,11,13H,3-7H2,1-2H3;8-11H,3-7H2,1-2H3;;;2*1H4;/q;;2*-1;;;+2. The van der Waals surface area contributed by atoms with Crippen molar-refractivity contribution >= 4 is 90.6 Å². The summed E-state index contributed by atoms with van der Waals surface area (Å²) >= 11 is 6.59. The number of thiophene rings is 2. The number of aromatic nitrogens is 4. The summed E-state index contributed by atoms with van der Waals surface area (Å²) < 4.78 is 8.10. The zero-order chi connectivity index (χ0) is 38.4. The molecule has 0 saturated heterocycles. The van der Waals surface area contributed by atoms with E-state index in [4.69, 9.17) is 28.7 Å². The molecule has 2 aromatic carbocycles. The van der Waals surface area contributed by atoms with Gasteiger partial charge in [-0.05, 0) is 65.9 Å². The van der Waals surface area contributed by atoms with Gasteiger partial charge in [0.15, 0.2) is 0 Å². The Balaban J connectivity index is 0.000000339. The Morgan fingerprint density at radius 3 is 1.48 bits per heavy atom. The Kier molecular flexibility index (Phi) is 18.3. The number of benzene rings is 2. The van der Waals surface area contributed by atoms with E-state index in [2.05, 4.69) is 37.9 Å². The molecule has 4 aromatic heterocycles. The fourth-order valence-corrected chi connectivity index (χ4v) is 10.4. The van der Waals surface area contributed by atoms with Crippen LogP contribution in [0.15, 0.2) is 51.0 Å². The van der Waals surface area contributed by atoms with Crippen molar-refractivity contribution in [2.75, 3.05) is 38.0 Å². The topological polar surface area (TPSA) is 148 Å². The number of nitriles is 1. The van der Waals surface area contributed by atoms with Crippen molar-refractivity contribution in [1.29, 1.82) is 15.8 Å². The maximum Gasteiger partial charge on any atom is 2.00 e. The van der Waals surface area contributed by atoms with Gasteiger partial charge in [-0.25, -0.2) is 9.97 Å². The first kappa shape index (κ1) is 48.0. The fourth-order valence-electron chi connectivity index (χ4n) is 7.50. The van der Waals surface area contributed by atoms with Crippen LogP contribution in [0.5, 0.6) is 0 Å². The van der Waals surface area contributed by atoms with Crippen molar-refractivity contribution in [3.63, 3.8) is 0 Å². The van der Waals surface area contributed by atoms with E-state index >= 15 is 0 Å². The normalized spacial score (nSPS) is 13.9. The number of anilines is 2. The first-order valence-electron chi connectivity index (χ1n) is 17.5. The van der Waals surface area contributed by atoms with Crippen molar-refractivity contribution < 1.29 is 19.5 Å². The van der Waals surface area contributed by atoms with E-state index in [-0.39, 0.29) is 51.5 Å². The molecule has 290 valence electrons. The van der Waals surface area contributed by atoms with Gasteiger partial charge in [-0.15, -0.1) is 22.7 Å². The monoisotopic (exact) mass is 905 g/mol. The van der Waals surface area contributed by atoms with Crippen molar-refractivity contribution in [3.05, 3.63) is 80.8 Å². The average molecular weight is 908 g/mol. The number of hydrogen-bond acceptors (Lipinski definition) is 11. The molecule has 2 fully saturated rings. The fraction of sp³-hybridized carbons (Fsp3) is 0.439. The van der Waals surface area contributed by atoms with Crippen LogP contribution in [0.1, 0.15) is 96.7 Å². The van der Waals surface area contributed by atoms with Crippen LogP contribution < -0.4 is 20.9 Å². The van der Waals surface area contributed by atoms with Crippen LogP contribution in [0.2, 0.25) is 0 Å². The quantitative estimate of drug-likeness (QED) is 0.124. The van der Waals surface area contributed by atoms with Gasteiger partial charge >= 0.3 is 19.5 Å². The summed E-state index contributed by atoms with van der Waals surface area (Å²) in [6.07, 6.45) is 15.0. The summed E-state index contributed by atoms with van der Waals surface area (Å²) in [5.74, 6) is 0. The molecule has 15 heteroatoms. The molecule has 0 amide bonds. The van der Waals surface area contributed by atoms with E-state index in [1.54, 1.807) is 24.0 Å². The molecule has 0 radical (unpaired) electrons. The van der Waals surface area contributed by atoms with E-state index in [9.17, 15) is 14.9 Å². The van der Waals surface area contributed by atoms with Gasteiger partial charge in [0.25, 0.3) is 11.1 Å². The van der Waals surface area contributed by atoms with Crippen LogP contribution in [-0.4, -0.2) is 47.3 Å². The molecule has 8 rings (SSSR count). The van der Waals surface area contributed by atoms with Crippen molar-refractivity contribution in [2.45, 2.75) is 91.1 Å². The minimum atomic E-state index is 0. The van der Waals surface area contributed by atoms with Gasteiger partial charge < -0.3 is 33.5 Å². The number of rotatable bonds is 4. The Morgan fingerprint density at radius 1 is 0.679 bits per heavy atom. The smallest absolute Gasteiger partial charge is 0.512 e. The molecule has 0 unspecified atom stereocenters. The molecule has 4 heterocycles. The zero-order valence-corrected chi connectivity index (χ0v) is 37.1. The van der Waals surface area contributed by atoms with E-state index in [0.29, 0.717) is 16.3 Å². The Labute approximate surface area is 358 Å². The summed E-state index contributed by atoms with van der Waals surface area (Å²) in [5.41, 5.74) is 4.39. The van der Waals surface area contributed by atoms with Gasteiger partial charge in [-0.1, -0.05) is 53.4 Å². The van der Waals surface area contributed by atoms with Gasteiger partial charge in [0.2, 0.25) is 0 Å². The minimum Gasteiger partial charge on any atom is -0.512 e. The average Bonchev–Trinajstić information content (AvgIpc) is 3.79. The molecule has 0 N–H and O–H groups in total. The molecule has 6 aromatic rings. The molecule has 2 aliphatic rings. The first-order chi connectivity index (χ1) is 25.7. The summed E-state index contributed by atoms with van der Waals surface area (Å²) in [7, 11) is 7.98. The third-order valence-electron chi connectivity index (χ3n) is 10.0. The summed E-state index contributed by atoms with van der Waals surface area (Å²) in [4.78, 5) is 39.7. The molecule has 11 nitrogen and oxygen atoms in total. The molecule has 2 saturated carbocycles. The zero-order valence-electron chi connectivity index (χ0n) is 30.9. The third-order valence-corrected chi connectivity index (χ3v) is 13.4. The van der Waals surface area contributed by atoms with Crippen molar-refractivity contribution in [2.24, 2.45) is 0 Å². The molecule has 0 aliphatic heterocycles. The number of halogens is 1. The first-order valence-corrected chi connectivity index (χ1v) is 19.9. The van der Waals surface area contributed by atoms with Gasteiger partial charge in [0.1, 0.15) is 15.5 Å². The third kappa shape index (κ3) is 9.16. The van der Waals surface area contributed by atoms with E-state index in [0.717, 1.165) is 77.4 Å². The van der Waals surface area contributed by atoms with Crippen molar-refractivity contribution in [3.8, 4) is 6.07 Å². The van der Waals surface area contributed by atoms with E-state index in [1.165, 1.54) is 49.9 Å². The summed E-state index contributed by atoms with van der Waals surface area (Å²) in [5, 5.41) is 23.9. The molecular formula is C41H48BrN9O2S2Zn. The van der Waals surface area contributed by atoms with E-state index in [1.807, 2.05) is 60.4 Å². The predicted molar refractivity (Wildman–Crippen MR) is 231 cm³/mol. The number of fused-ring (bicyclic) bond motifs is 6. The maximum atomic E-state index is 13.1. The number of nitrogens with zero attached hydrogens (tertiary/aromatic N) is 9. The van der Waals surface area contributed by atoms with Crippen LogP contribution in [0.4, 0.5) is 11.4 Å². The maximum absolute atomic E-state index is 13.1. The minimum absolute atomic E-state index is 0. The predicted octanol–water partition coefficient (Wildman–Crippen LogP) is 10.5. The van der Waals surface area contributed by atoms with Crippen LogP contribution in [-0.2, 0) is 19.5 Å². The SMILES string of the molecule is C.C.CN(C)c1ccc(Br)c2sc3c(=O)n(C4CCCCC4)cnc3c12.CN(C)c1ccc(C#N)c2sc3c(=O)n(C4CCCCC4)cnc3c12.[C-]#N.[C-]#N.[Zn+2]. The van der Waals surface area contributed by atoms with Gasteiger partial charge in [-0.3, -0.25) is 18.7 Å². The van der Waals surface area contributed by atoms with Crippen LogP contribution in [0.25, 0.3) is 40.6 Å². The van der Waals surface area contributed by atoms with E-state index < -0.39 is 0 Å². The Morgan fingerprint density at radius 2 is 1.07 bits per heavy atom. The van der Waals surface area contributed by atoms with Crippen LogP contribution >= 0.6 is 38.6 Å². The molecule has 56 heavy (non-hydrogen) atoms. The second-order valence-electron chi connectivity index (χ2n) is 13.6. The molecule has 0 atom stereocenters. The Hall–Kier alpha value is -4.19. The second kappa shape index (κ2) is 21.4. The van der Waals surface area contributed by atoms with Gasteiger partial charge in [0.05, 0.1) is 38.7 Å². The summed E-state index contributed by atoms with van der Waals surface area (Å²) in [6, 6.07) is 10.7.